The lowest BCUT2D eigenvalue weighted by Gasteiger charge is -2.07. The van der Waals surface area contributed by atoms with E-state index >= 15 is 0 Å². The Labute approximate surface area is 152 Å². The second-order valence-electron chi connectivity index (χ2n) is 6.15. The fraction of sp³-hybridized carbons (Fsp3) is 0.389. The fourth-order valence-electron chi connectivity index (χ4n) is 2.72. The number of pyridine rings is 1. The van der Waals surface area contributed by atoms with Gasteiger partial charge in [-0.25, -0.2) is 9.97 Å². The van der Waals surface area contributed by atoms with Gasteiger partial charge in [0.2, 0.25) is 11.9 Å². The Balaban J connectivity index is 1.35. The molecule has 136 valence electrons. The van der Waals surface area contributed by atoms with E-state index < -0.39 is 0 Å². The molecule has 0 atom stereocenters. The van der Waals surface area contributed by atoms with Crippen molar-refractivity contribution in [3.63, 3.8) is 0 Å². The molecule has 2 N–H and O–H groups in total. The average molecular weight is 353 g/mol. The topological polar surface area (TPSA) is 97.1 Å². The number of nitrogens with zero attached hydrogens (tertiary/aromatic N) is 5. The minimum absolute atomic E-state index is 0.0296. The van der Waals surface area contributed by atoms with Gasteiger partial charge in [-0.3, -0.25) is 9.20 Å². The summed E-state index contributed by atoms with van der Waals surface area (Å²) in [6.07, 6.45) is 3.74. The number of nitrogens with one attached hydrogen (secondary N) is 2. The molecule has 0 bridgehead atoms. The molecule has 0 saturated carbocycles. The first-order chi connectivity index (χ1) is 12.6. The van der Waals surface area contributed by atoms with Crippen molar-refractivity contribution in [2.45, 2.75) is 33.1 Å². The van der Waals surface area contributed by atoms with Gasteiger partial charge in [-0.05, 0) is 38.5 Å². The fourth-order valence-corrected chi connectivity index (χ4v) is 2.72. The van der Waals surface area contributed by atoms with E-state index in [1.54, 1.807) is 0 Å². The van der Waals surface area contributed by atoms with Crippen molar-refractivity contribution in [1.82, 2.24) is 29.9 Å². The van der Waals surface area contributed by atoms with Crippen LogP contribution in [0.5, 0.6) is 0 Å². The number of carbonyl (C=O) groups is 1. The largest absolute Gasteiger partial charge is 0.356 e. The number of fused-ring (bicyclic) bond motifs is 1. The van der Waals surface area contributed by atoms with Gasteiger partial charge >= 0.3 is 0 Å². The predicted octanol–water partition coefficient (Wildman–Crippen LogP) is 1.69. The molecular weight excluding hydrogens is 330 g/mol. The molecule has 8 nitrogen and oxygen atoms in total. The number of amides is 1. The van der Waals surface area contributed by atoms with Crippen LogP contribution in [0.1, 0.15) is 30.1 Å². The van der Waals surface area contributed by atoms with Gasteiger partial charge in [0.05, 0.1) is 0 Å². The normalized spacial score (nSPS) is 10.8. The molecule has 3 heterocycles. The van der Waals surface area contributed by atoms with Gasteiger partial charge < -0.3 is 10.6 Å². The van der Waals surface area contributed by atoms with Crippen molar-refractivity contribution in [3.05, 3.63) is 47.7 Å². The van der Waals surface area contributed by atoms with Crippen molar-refractivity contribution < 1.29 is 4.79 Å². The van der Waals surface area contributed by atoms with Crippen molar-refractivity contribution in [2.75, 3.05) is 18.4 Å². The number of rotatable bonds is 8. The highest BCUT2D eigenvalue weighted by Gasteiger charge is 2.06. The first-order valence-corrected chi connectivity index (χ1v) is 8.73. The highest BCUT2D eigenvalue weighted by molar-refractivity contribution is 5.75. The van der Waals surface area contributed by atoms with Gasteiger partial charge in [0.1, 0.15) is 5.82 Å². The van der Waals surface area contributed by atoms with Crippen LogP contribution in [0.4, 0.5) is 5.95 Å². The SMILES string of the molecule is Cc1cc(C)nc(NCCCC(=O)NCCc2nnc3ccccn23)n1. The van der Waals surface area contributed by atoms with Crippen molar-refractivity contribution in [3.8, 4) is 0 Å². The minimum Gasteiger partial charge on any atom is -0.356 e. The quantitative estimate of drug-likeness (QED) is 0.598. The molecule has 3 aromatic rings. The molecule has 0 radical (unpaired) electrons. The Morgan fingerprint density at radius 2 is 1.92 bits per heavy atom. The van der Waals surface area contributed by atoms with Crippen LogP contribution in [0, 0.1) is 13.8 Å². The van der Waals surface area contributed by atoms with E-state index in [0.717, 1.165) is 29.3 Å². The maximum Gasteiger partial charge on any atom is 0.223 e. The molecule has 0 fully saturated rings. The Morgan fingerprint density at radius 1 is 1.12 bits per heavy atom. The van der Waals surface area contributed by atoms with Gasteiger partial charge in [0, 0.05) is 43.5 Å². The smallest absolute Gasteiger partial charge is 0.223 e. The van der Waals surface area contributed by atoms with Gasteiger partial charge in [0.15, 0.2) is 5.65 Å². The van der Waals surface area contributed by atoms with Crippen LogP contribution in [0.3, 0.4) is 0 Å². The Bertz CT molecular complexity index is 870. The lowest BCUT2D eigenvalue weighted by Crippen LogP contribution is -2.26. The molecule has 0 aliphatic carbocycles. The summed E-state index contributed by atoms with van der Waals surface area (Å²) in [4.78, 5) is 20.6. The third-order valence-corrected chi connectivity index (χ3v) is 3.90. The van der Waals surface area contributed by atoms with E-state index in [1.807, 2.05) is 48.7 Å². The van der Waals surface area contributed by atoms with Crippen molar-refractivity contribution in [2.24, 2.45) is 0 Å². The standard InChI is InChI=1S/C18H23N7O/c1-13-12-14(2)22-18(21-13)20-9-5-7-17(26)19-10-8-16-24-23-15-6-3-4-11-25(15)16/h3-4,6,11-12H,5,7-10H2,1-2H3,(H,19,26)(H,20,21,22). The minimum atomic E-state index is 0.0296. The third-order valence-electron chi connectivity index (χ3n) is 3.90. The summed E-state index contributed by atoms with van der Waals surface area (Å²) in [7, 11) is 0. The lowest BCUT2D eigenvalue weighted by molar-refractivity contribution is -0.121. The number of aryl methyl sites for hydroxylation is 2. The van der Waals surface area contributed by atoms with E-state index in [9.17, 15) is 4.79 Å². The Hall–Kier alpha value is -3.03. The van der Waals surface area contributed by atoms with Crippen molar-refractivity contribution >= 4 is 17.5 Å². The second-order valence-corrected chi connectivity index (χ2v) is 6.15. The maximum atomic E-state index is 11.9. The molecule has 3 aromatic heterocycles. The van der Waals surface area contributed by atoms with Gasteiger partial charge in [0.25, 0.3) is 0 Å². The van der Waals surface area contributed by atoms with Gasteiger partial charge in [-0.1, -0.05) is 6.07 Å². The highest BCUT2D eigenvalue weighted by Crippen LogP contribution is 2.04. The summed E-state index contributed by atoms with van der Waals surface area (Å²) in [6.45, 7) is 5.07. The molecule has 1 amide bonds. The van der Waals surface area contributed by atoms with E-state index in [4.69, 9.17) is 0 Å². The van der Waals surface area contributed by atoms with Gasteiger partial charge in [-0.15, -0.1) is 10.2 Å². The molecule has 0 aromatic carbocycles. The third kappa shape index (κ3) is 4.75. The number of hydrogen-bond donors (Lipinski definition) is 2. The van der Waals surface area contributed by atoms with Crippen LogP contribution in [-0.4, -0.2) is 43.6 Å². The molecular formula is C18H23N7O. The van der Waals surface area contributed by atoms with Crippen LogP contribution in [0.15, 0.2) is 30.5 Å². The molecule has 8 heteroatoms. The molecule has 0 aliphatic heterocycles. The number of carbonyl (C=O) groups excluding carboxylic acids is 1. The second kappa shape index (κ2) is 8.37. The van der Waals surface area contributed by atoms with Crippen LogP contribution >= 0.6 is 0 Å². The molecule has 0 aliphatic rings. The molecule has 0 unspecified atom stereocenters. The first kappa shape index (κ1) is 17.8. The van der Waals surface area contributed by atoms with E-state index in [2.05, 4.69) is 30.8 Å². The van der Waals surface area contributed by atoms with E-state index in [1.165, 1.54) is 0 Å². The Kier molecular flexibility index (Phi) is 5.73. The maximum absolute atomic E-state index is 11.9. The summed E-state index contributed by atoms with van der Waals surface area (Å²) in [5, 5.41) is 14.3. The molecule has 26 heavy (non-hydrogen) atoms. The average Bonchev–Trinajstić information content (AvgIpc) is 3.01. The summed E-state index contributed by atoms with van der Waals surface area (Å²) in [5.74, 6) is 1.48. The monoisotopic (exact) mass is 353 g/mol. The van der Waals surface area contributed by atoms with Crippen LogP contribution < -0.4 is 10.6 Å². The number of hydrogen-bond acceptors (Lipinski definition) is 6. The van der Waals surface area contributed by atoms with Crippen LogP contribution in [0.25, 0.3) is 5.65 Å². The number of anilines is 1. The van der Waals surface area contributed by atoms with Crippen LogP contribution in [0.2, 0.25) is 0 Å². The summed E-state index contributed by atoms with van der Waals surface area (Å²) >= 11 is 0. The first-order valence-electron chi connectivity index (χ1n) is 8.73. The van der Waals surface area contributed by atoms with Crippen LogP contribution in [-0.2, 0) is 11.2 Å². The lowest BCUT2D eigenvalue weighted by atomic mass is 10.3. The summed E-state index contributed by atoms with van der Waals surface area (Å²) < 4.78 is 1.93. The zero-order valence-corrected chi connectivity index (χ0v) is 15.1. The molecule has 0 spiro atoms. The molecule has 0 saturated heterocycles. The molecule has 3 rings (SSSR count). The zero-order chi connectivity index (χ0) is 18.4. The zero-order valence-electron chi connectivity index (χ0n) is 15.1. The summed E-state index contributed by atoms with van der Waals surface area (Å²) in [6, 6.07) is 7.69. The van der Waals surface area contributed by atoms with E-state index in [-0.39, 0.29) is 5.91 Å². The number of aromatic nitrogens is 5. The van der Waals surface area contributed by atoms with Gasteiger partial charge in [-0.2, -0.15) is 0 Å². The van der Waals surface area contributed by atoms with E-state index in [0.29, 0.717) is 31.9 Å². The highest BCUT2D eigenvalue weighted by atomic mass is 16.1. The Morgan fingerprint density at radius 3 is 2.73 bits per heavy atom. The predicted molar refractivity (Wildman–Crippen MR) is 98.9 cm³/mol. The summed E-state index contributed by atoms with van der Waals surface area (Å²) in [5.41, 5.74) is 2.67. The van der Waals surface area contributed by atoms with Crippen molar-refractivity contribution in [1.29, 1.82) is 0 Å².